The minimum atomic E-state index is 0.826. The summed E-state index contributed by atoms with van der Waals surface area (Å²) in [7, 11) is 6.86. The van der Waals surface area contributed by atoms with Crippen LogP contribution in [0.3, 0.4) is 0 Å². The van der Waals surface area contributed by atoms with Gasteiger partial charge in [0, 0.05) is 0 Å². The lowest BCUT2D eigenvalue weighted by molar-refractivity contribution is 0.414. The third kappa shape index (κ3) is 5.90. The van der Waals surface area contributed by atoms with Crippen LogP contribution in [0.2, 0.25) is 0 Å². The van der Waals surface area contributed by atoms with Crippen molar-refractivity contribution in [1.29, 1.82) is 0 Å². The van der Waals surface area contributed by atoms with Gasteiger partial charge in [-0.25, -0.2) is 0 Å². The first-order chi connectivity index (χ1) is 30.6. The quantitative estimate of drug-likeness (QED) is 0.138. The molecule has 0 saturated heterocycles. The highest BCUT2D eigenvalue weighted by Crippen LogP contribution is 2.60. The molecule has 7 aromatic carbocycles. The van der Waals surface area contributed by atoms with E-state index in [1.807, 2.05) is 0 Å². The van der Waals surface area contributed by atoms with Crippen molar-refractivity contribution in [2.45, 2.75) is 0 Å². The standard InChI is InChI=1S/C58H42O4/c1-59-43-23-15-37(16-24-43)51-49-32-41-31-42-33-50-52(38-17-25-44(60-2)26-18-38)54(40-21-29-46(62-4)30-22-40)56(36-13-9-6-10-14-36)58(50)48(42)34-47(41)57(49)55(35-11-7-5-8-12-35)53(51)39-19-27-45(61-3)28-20-39/h5-34H,1-4H3. The summed E-state index contributed by atoms with van der Waals surface area (Å²) in [5, 5.41) is 4.88. The molecule has 4 heteroatoms. The Morgan fingerprint density at radius 2 is 0.516 bits per heavy atom. The molecule has 4 aliphatic carbocycles. The van der Waals surface area contributed by atoms with Crippen LogP contribution in [0.1, 0.15) is 0 Å². The Hall–Kier alpha value is -7.82. The summed E-state index contributed by atoms with van der Waals surface area (Å²) in [5.41, 5.74) is 19.1. The Morgan fingerprint density at radius 1 is 0.242 bits per heavy atom. The van der Waals surface area contributed by atoms with Crippen molar-refractivity contribution < 1.29 is 18.9 Å². The minimum Gasteiger partial charge on any atom is -0.497 e. The molecule has 0 N–H and O–H groups in total. The summed E-state index contributed by atoms with van der Waals surface area (Å²) in [6, 6.07) is 65.4. The predicted molar refractivity (Wildman–Crippen MR) is 256 cm³/mol. The number of methoxy groups -OCH3 is 4. The SMILES string of the molecule is COc1ccc(-c2c3cc4cc5cc6c(-c7ccc(OC)cc7)c(-c7ccc(OC)cc7)c(-c7ccccc7)c-6c5cc4c-3c(-c3ccccc3)c2-c2ccc(OC)cc2)cc1. The molecule has 0 spiro atoms. The topological polar surface area (TPSA) is 36.9 Å². The van der Waals surface area contributed by atoms with Gasteiger partial charge in [-0.2, -0.15) is 0 Å². The predicted octanol–water partition coefficient (Wildman–Crippen LogP) is 15.1. The van der Waals surface area contributed by atoms with E-state index < -0.39 is 0 Å². The average molecular weight is 803 g/mol. The molecule has 11 rings (SSSR count). The van der Waals surface area contributed by atoms with Crippen molar-refractivity contribution >= 4 is 21.5 Å². The molecule has 0 atom stereocenters. The van der Waals surface area contributed by atoms with Crippen LogP contribution in [0.25, 0.3) is 111 Å². The molecule has 0 saturated carbocycles. The monoisotopic (exact) mass is 802 g/mol. The lowest BCUT2D eigenvalue weighted by Crippen LogP contribution is -1.87. The maximum atomic E-state index is 5.63. The van der Waals surface area contributed by atoms with Gasteiger partial charge >= 0.3 is 0 Å². The number of benzene rings is 7. The van der Waals surface area contributed by atoms with Crippen molar-refractivity contribution in [2.75, 3.05) is 28.4 Å². The minimum absolute atomic E-state index is 0.826. The largest absolute Gasteiger partial charge is 0.497 e. The van der Waals surface area contributed by atoms with Crippen molar-refractivity contribution in [3.63, 3.8) is 0 Å². The lowest BCUT2D eigenvalue weighted by atomic mass is 9.91. The maximum Gasteiger partial charge on any atom is 0.118 e. The van der Waals surface area contributed by atoms with Crippen molar-refractivity contribution in [2.24, 2.45) is 0 Å². The van der Waals surface area contributed by atoms with Crippen LogP contribution in [-0.4, -0.2) is 28.4 Å². The number of fused-ring (bicyclic) bond motifs is 6. The number of hydrogen-bond acceptors (Lipinski definition) is 4. The molecule has 0 aromatic heterocycles. The van der Waals surface area contributed by atoms with E-state index in [2.05, 4.69) is 182 Å². The Balaban J connectivity index is 1.27. The van der Waals surface area contributed by atoms with E-state index in [0.717, 1.165) is 45.3 Å². The van der Waals surface area contributed by atoms with Gasteiger partial charge < -0.3 is 18.9 Å². The van der Waals surface area contributed by atoms with E-state index in [-0.39, 0.29) is 0 Å². The van der Waals surface area contributed by atoms with Gasteiger partial charge in [0.1, 0.15) is 23.0 Å². The summed E-state index contributed by atoms with van der Waals surface area (Å²) >= 11 is 0. The second-order valence-electron chi connectivity index (χ2n) is 15.8. The molecular weight excluding hydrogens is 761 g/mol. The first kappa shape index (κ1) is 37.2. The zero-order chi connectivity index (χ0) is 41.9. The van der Waals surface area contributed by atoms with Gasteiger partial charge in [0.05, 0.1) is 28.4 Å². The summed E-state index contributed by atoms with van der Waals surface area (Å²) in [6.07, 6.45) is 0. The summed E-state index contributed by atoms with van der Waals surface area (Å²) in [5.74, 6) is 3.31. The van der Waals surface area contributed by atoms with Crippen LogP contribution in [0, 0.1) is 0 Å². The molecule has 0 unspecified atom stereocenters. The summed E-state index contributed by atoms with van der Waals surface area (Å²) in [4.78, 5) is 0. The molecule has 7 aromatic rings. The fourth-order valence-electron chi connectivity index (χ4n) is 9.75. The normalized spacial score (nSPS) is 11.5. The smallest absolute Gasteiger partial charge is 0.118 e. The van der Waals surface area contributed by atoms with Crippen LogP contribution in [0.5, 0.6) is 23.0 Å². The van der Waals surface area contributed by atoms with Gasteiger partial charge in [0.2, 0.25) is 0 Å². The van der Waals surface area contributed by atoms with Crippen molar-refractivity contribution in [3.8, 4) is 112 Å². The second kappa shape index (κ2) is 15.0. The fourth-order valence-corrected chi connectivity index (χ4v) is 9.75. The van der Waals surface area contributed by atoms with E-state index >= 15 is 0 Å². The van der Waals surface area contributed by atoms with Crippen molar-refractivity contribution in [1.82, 2.24) is 0 Å². The number of ether oxygens (including phenoxy) is 4. The first-order valence-corrected chi connectivity index (χ1v) is 20.9. The highest BCUT2D eigenvalue weighted by atomic mass is 16.5. The molecule has 0 fully saturated rings. The third-order valence-electron chi connectivity index (χ3n) is 12.6. The van der Waals surface area contributed by atoms with Gasteiger partial charge in [0.15, 0.2) is 0 Å². The van der Waals surface area contributed by atoms with Gasteiger partial charge in [-0.05, 0) is 183 Å². The van der Waals surface area contributed by atoms with Crippen LogP contribution in [0.15, 0.2) is 182 Å². The molecule has 0 radical (unpaired) electrons. The molecule has 0 amide bonds. The molecule has 298 valence electrons. The van der Waals surface area contributed by atoms with Gasteiger partial charge in [0.25, 0.3) is 0 Å². The van der Waals surface area contributed by atoms with E-state index in [4.69, 9.17) is 18.9 Å². The highest BCUT2D eigenvalue weighted by Gasteiger charge is 2.33. The molecule has 62 heavy (non-hydrogen) atoms. The van der Waals surface area contributed by atoms with Crippen molar-refractivity contribution in [3.05, 3.63) is 182 Å². The zero-order valence-corrected chi connectivity index (χ0v) is 35.0. The number of hydrogen-bond donors (Lipinski definition) is 0. The van der Waals surface area contributed by atoms with Crippen LogP contribution in [0.4, 0.5) is 0 Å². The summed E-state index contributed by atoms with van der Waals surface area (Å²) in [6.45, 7) is 0. The van der Waals surface area contributed by atoms with E-state index in [0.29, 0.717) is 0 Å². The third-order valence-corrected chi connectivity index (χ3v) is 12.6. The van der Waals surface area contributed by atoms with Crippen LogP contribution < -0.4 is 18.9 Å². The molecular formula is C58H42O4. The van der Waals surface area contributed by atoms with Gasteiger partial charge in [-0.1, -0.05) is 109 Å². The highest BCUT2D eigenvalue weighted by molar-refractivity contribution is 6.26. The lowest BCUT2D eigenvalue weighted by Gasteiger charge is -2.12. The Bertz CT molecular complexity index is 3040. The Morgan fingerprint density at radius 3 is 0.823 bits per heavy atom. The van der Waals surface area contributed by atoms with Gasteiger partial charge in [-0.15, -0.1) is 0 Å². The van der Waals surface area contributed by atoms with Crippen LogP contribution >= 0.6 is 0 Å². The first-order valence-electron chi connectivity index (χ1n) is 20.9. The maximum absolute atomic E-state index is 5.63. The van der Waals surface area contributed by atoms with E-state index in [1.54, 1.807) is 28.4 Å². The number of rotatable bonds is 10. The fraction of sp³-hybridized carbons (Fsp3) is 0.0690. The molecule has 0 bridgehead atoms. The Labute approximate surface area is 361 Å². The zero-order valence-electron chi connectivity index (χ0n) is 35.0. The van der Waals surface area contributed by atoms with Gasteiger partial charge in [-0.3, -0.25) is 0 Å². The molecule has 4 aliphatic rings. The molecule has 0 heterocycles. The molecule has 0 aliphatic heterocycles. The average Bonchev–Trinajstić information content (AvgIpc) is 4.07. The van der Waals surface area contributed by atoms with E-state index in [9.17, 15) is 0 Å². The second-order valence-corrected chi connectivity index (χ2v) is 15.8. The summed E-state index contributed by atoms with van der Waals surface area (Å²) < 4.78 is 22.5. The van der Waals surface area contributed by atoms with E-state index in [1.165, 1.54) is 88.3 Å². The van der Waals surface area contributed by atoms with Crippen LogP contribution in [-0.2, 0) is 0 Å². The molecule has 4 nitrogen and oxygen atoms in total. The Kier molecular flexibility index (Phi) is 9.01.